The van der Waals surface area contributed by atoms with Crippen LogP contribution in [-0.2, 0) is 4.79 Å². The van der Waals surface area contributed by atoms with E-state index in [1.54, 1.807) is 18.2 Å². The normalized spacial score (nSPS) is 15.2. The van der Waals surface area contributed by atoms with Gasteiger partial charge in [-0.15, -0.1) is 0 Å². The highest BCUT2D eigenvalue weighted by Gasteiger charge is 2.28. The fourth-order valence-electron chi connectivity index (χ4n) is 3.44. The van der Waals surface area contributed by atoms with Crippen molar-refractivity contribution >= 4 is 50.9 Å². The van der Waals surface area contributed by atoms with Gasteiger partial charge in [-0.1, -0.05) is 27.5 Å². The lowest BCUT2D eigenvalue weighted by atomic mass is 9.95. The first-order valence-corrected chi connectivity index (χ1v) is 10.9. The van der Waals surface area contributed by atoms with Gasteiger partial charge in [0.15, 0.2) is 0 Å². The predicted octanol–water partition coefficient (Wildman–Crippen LogP) is 4.76. The maximum absolute atomic E-state index is 12.8. The highest BCUT2D eigenvalue weighted by atomic mass is 79.9. The van der Waals surface area contributed by atoms with E-state index >= 15 is 0 Å². The van der Waals surface area contributed by atoms with Crippen molar-refractivity contribution < 1.29 is 16.1 Å². The van der Waals surface area contributed by atoms with Gasteiger partial charge in [-0.25, -0.2) is 4.98 Å². The van der Waals surface area contributed by atoms with E-state index in [0.29, 0.717) is 21.4 Å². The van der Waals surface area contributed by atoms with Crippen molar-refractivity contribution in [2.75, 3.05) is 23.7 Å². The van der Waals surface area contributed by atoms with Crippen LogP contribution in [0.3, 0.4) is 0 Å². The van der Waals surface area contributed by atoms with Crippen molar-refractivity contribution in [2.45, 2.75) is 32.7 Å². The van der Waals surface area contributed by atoms with E-state index in [9.17, 15) is 14.7 Å². The summed E-state index contributed by atoms with van der Waals surface area (Å²) in [4.78, 5) is 32.0. The van der Waals surface area contributed by atoms with Crippen molar-refractivity contribution in [1.29, 1.82) is 0 Å². The van der Waals surface area contributed by atoms with Gasteiger partial charge < -0.3 is 20.6 Å². The Bertz CT molecular complexity index is 935. The summed E-state index contributed by atoms with van der Waals surface area (Å²) in [6.45, 7) is 5.97. The number of hydrogen-bond donors (Lipinski definition) is 3. The summed E-state index contributed by atoms with van der Waals surface area (Å²) in [5.74, 6) is -0.758. The standard InChI is InChI=1S/C21H24BrClN4O3.H2/c1-12(2)27-7-5-13(6-8-27)20(29)26-19-16(9-14(22)10-17(19)28)21(30)25-18-4-3-15(23)11-24-18;/h3-4,9-13,28H,5-8H2,1-2H3,(H,26,29)(H,24,25,30);1H. The number of likely N-dealkylation sites (tertiary alicyclic amines) is 1. The van der Waals surface area contributed by atoms with Gasteiger partial charge >= 0.3 is 0 Å². The average Bonchev–Trinajstić information content (AvgIpc) is 2.71. The zero-order chi connectivity index (χ0) is 21.8. The molecule has 0 atom stereocenters. The molecule has 1 aliphatic rings. The number of benzene rings is 1. The third-order valence-electron chi connectivity index (χ3n) is 5.17. The molecule has 9 heteroatoms. The Balaban J connectivity index is 0.00000341. The van der Waals surface area contributed by atoms with Gasteiger partial charge in [0.1, 0.15) is 11.6 Å². The van der Waals surface area contributed by atoms with E-state index in [1.165, 1.54) is 12.3 Å². The monoisotopic (exact) mass is 496 g/mol. The Morgan fingerprint density at radius 1 is 1.27 bits per heavy atom. The van der Waals surface area contributed by atoms with Crippen molar-refractivity contribution in [3.63, 3.8) is 0 Å². The number of pyridine rings is 1. The van der Waals surface area contributed by atoms with Gasteiger partial charge in [0.25, 0.3) is 5.91 Å². The minimum Gasteiger partial charge on any atom is -0.506 e. The predicted molar refractivity (Wildman–Crippen MR) is 123 cm³/mol. The fraction of sp³-hybridized carbons (Fsp3) is 0.381. The number of rotatable bonds is 5. The first-order valence-electron chi connectivity index (χ1n) is 9.75. The van der Waals surface area contributed by atoms with Crippen LogP contribution < -0.4 is 10.6 Å². The number of nitrogens with one attached hydrogen (secondary N) is 2. The summed E-state index contributed by atoms with van der Waals surface area (Å²) < 4.78 is 0.512. The number of hydrogen-bond acceptors (Lipinski definition) is 5. The molecule has 3 rings (SSSR count). The molecule has 2 heterocycles. The Kier molecular flexibility index (Phi) is 7.33. The minimum atomic E-state index is -0.508. The van der Waals surface area contributed by atoms with Crippen LogP contribution in [0, 0.1) is 5.92 Å². The first kappa shape index (κ1) is 22.5. The van der Waals surface area contributed by atoms with Crippen LogP contribution in [0.1, 0.15) is 38.5 Å². The molecule has 30 heavy (non-hydrogen) atoms. The van der Waals surface area contributed by atoms with E-state index in [-0.39, 0.29) is 30.3 Å². The Morgan fingerprint density at radius 2 is 1.97 bits per heavy atom. The molecule has 1 aromatic carbocycles. The number of carbonyl (C=O) groups is 2. The number of phenols is 1. The Hall–Kier alpha value is -2.16. The van der Waals surface area contributed by atoms with E-state index in [0.717, 1.165) is 25.9 Å². The number of anilines is 2. The van der Waals surface area contributed by atoms with Crippen molar-refractivity contribution in [1.82, 2.24) is 9.88 Å². The average molecular weight is 498 g/mol. The summed E-state index contributed by atoms with van der Waals surface area (Å²) in [6, 6.07) is 6.60. The van der Waals surface area contributed by atoms with Crippen LogP contribution in [0.2, 0.25) is 5.02 Å². The molecule has 1 saturated heterocycles. The molecule has 0 bridgehead atoms. The van der Waals surface area contributed by atoms with Gasteiger partial charge in [-0.05, 0) is 64.0 Å². The Morgan fingerprint density at radius 3 is 2.57 bits per heavy atom. The molecule has 0 radical (unpaired) electrons. The number of nitrogens with zero attached hydrogens (tertiary/aromatic N) is 2. The summed E-state index contributed by atoms with van der Waals surface area (Å²) in [7, 11) is 0. The zero-order valence-corrected chi connectivity index (χ0v) is 19.1. The Labute approximate surface area is 190 Å². The molecule has 0 saturated carbocycles. The number of carbonyl (C=O) groups excluding carboxylic acids is 2. The van der Waals surface area contributed by atoms with Gasteiger partial charge in [-0.3, -0.25) is 9.59 Å². The second kappa shape index (κ2) is 9.76. The van der Waals surface area contributed by atoms with Crippen LogP contribution in [0.25, 0.3) is 0 Å². The van der Waals surface area contributed by atoms with E-state index in [1.807, 2.05) is 0 Å². The molecule has 0 aliphatic carbocycles. The molecule has 3 N–H and O–H groups in total. The largest absolute Gasteiger partial charge is 0.506 e. The minimum absolute atomic E-state index is 0. The maximum atomic E-state index is 12.8. The number of aromatic hydroxyl groups is 1. The smallest absolute Gasteiger partial charge is 0.259 e. The van der Waals surface area contributed by atoms with Crippen molar-refractivity contribution in [2.24, 2.45) is 5.92 Å². The number of halogens is 2. The molecule has 1 fully saturated rings. The van der Waals surface area contributed by atoms with Gasteiger partial charge in [0.2, 0.25) is 5.91 Å². The third-order valence-corrected chi connectivity index (χ3v) is 5.86. The fourth-order valence-corrected chi connectivity index (χ4v) is 4.00. The highest BCUT2D eigenvalue weighted by molar-refractivity contribution is 9.10. The van der Waals surface area contributed by atoms with Crippen LogP contribution in [0.15, 0.2) is 34.9 Å². The molecule has 1 aromatic heterocycles. The number of aromatic nitrogens is 1. The second-order valence-electron chi connectivity index (χ2n) is 7.56. The lowest BCUT2D eigenvalue weighted by molar-refractivity contribution is -0.121. The van der Waals surface area contributed by atoms with Crippen molar-refractivity contribution in [3.05, 3.63) is 45.5 Å². The summed E-state index contributed by atoms with van der Waals surface area (Å²) in [5.41, 5.74) is 0.215. The van der Waals surface area contributed by atoms with Gasteiger partial charge in [0, 0.05) is 24.1 Å². The summed E-state index contributed by atoms with van der Waals surface area (Å²) >= 11 is 9.11. The topological polar surface area (TPSA) is 94.6 Å². The van der Waals surface area contributed by atoms with Crippen LogP contribution in [0.4, 0.5) is 11.5 Å². The summed E-state index contributed by atoms with van der Waals surface area (Å²) in [5, 5.41) is 16.3. The summed E-state index contributed by atoms with van der Waals surface area (Å²) in [6.07, 6.45) is 2.89. The SMILES string of the molecule is CC(C)N1CCC(C(=O)Nc2c(O)cc(Br)cc2C(=O)Nc2ccc(Cl)cn2)CC1.[HH]. The molecule has 0 spiro atoms. The third kappa shape index (κ3) is 5.50. The maximum Gasteiger partial charge on any atom is 0.259 e. The highest BCUT2D eigenvalue weighted by Crippen LogP contribution is 2.33. The number of phenolic OH excluding ortho intramolecular Hbond substituents is 1. The van der Waals surface area contributed by atoms with E-state index < -0.39 is 5.91 Å². The molecule has 162 valence electrons. The quantitative estimate of drug-likeness (QED) is 0.518. The van der Waals surface area contributed by atoms with Crippen LogP contribution >= 0.6 is 27.5 Å². The molecule has 2 amide bonds. The molecule has 2 aromatic rings. The first-order chi connectivity index (χ1) is 14.2. The number of amides is 2. The van der Waals surface area contributed by atoms with E-state index in [2.05, 4.69) is 50.3 Å². The lowest BCUT2D eigenvalue weighted by Gasteiger charge is -2.34. The van der Waals surface area contributed by atoms with Gasteiger partial charge in [0.05, 0.1) is 16.3 Å². The van der Waals surface area contributed by atoms with Gasteiger partial charge in [-0.2, -0.15) is 0 Å². The molecule has 1 aliphatic heterocycles. The number of piperidine rings is 1. The zero-order valence-electron chi connectivity index (χ0n) is 16.8. The van der Waals surface area contributed by atoms with E-state index in [4.69, 9.17) is 11.6 Å². The lowest BCUT2D eigenvalue weighted by Crippen LogP contribution is -2.41. The molecule has 7 nitrogen and oxygen atoms in total. The van der Waals surface area contributed by atoms with Crippen molar-refractivity contribution in [3.8, 4) is 5.75 Å². The van der Waals surface area contributed by atoms with Crippen LogP contribution in [0.5, 0.6) is 5.75 Å². The molecule has 0 unspecified atom stereocenters. The molecular formula is C21H26BrClN4O3. The molecular weight excluding hydrogens is 472 g/mol. The van der Waals surface area contributed by atoms with Crippen LogP contribution in [-0.4, -0.2) is 45.9 Å². The second-order valence-corrected chi connectivity index (χ2v) is 8.91.